The van der Waals surface area contributed by atoms with E-state index in [1.54, 1.807) is 36.4 Å². The van der Waals surface area contributed by atoms with Gasteiger partial charge in [-0.1, -0.05) is 11.6 Å². The molecule has 0 aliphatic rings. The highest BCUT2D eigenvalue weighted by Crippen LogP contribution is 2.28. The first-order valence-electron chi connectivity index (χ1n) is 9.70. The predicted octanol–water partition coefficient (Wildman–Crippen LogP) is 4.01. The number of non-ortho nitro benzene ring substituents is 1. The van der Waals surface area contributed by atoms with E-state index < -0.39 is 16.8 Å². The molecule has 0 fully saturated rings. The topological polar surface area (TPSA) is 129 Å². The van der Waals surface area contributed by atoms with Crippen LogP contribution < -0.4 is 19.6 Å². The Labute approximate surface area is 198 Å². The summed E-state index contributed by atoms with van der Waals surface area (Å²) >= 11 is 5.79. The van der Waals surface area contributed by atoms with Gasteiger partial charge in [0.2, 0.25) is 0 Å². The number of nitro benzene ring substituents is 1. The Hall–Kier alpha value is -4.44. The highest BCUT2D eigenvalue weighted by atomic mass is 35.5. The molecule has 1 N–H and O–H groups in total. The maximum atomic E-state index is 12.3. The Morgan fingerprint density at radius 3 is 2.41 bits per heavy atom. The van der Waals surface area contributed by atoms with E-state index in [-0.39, 0.29) is 29.4 Å². The Balaban J connectivity index is 1.56. The summed E-state index contributed by atoms with van der Waals surface area (Å²) in [7, 11) is 1.40. The number of methoxy groups -OCH3 is 1. The van der Waals surface area contributed by atoms with Gasteiger partial charge in [-0.3, -0.25) is 14.9 Å². The SMILES string of the molecule is COc1cc(C=NNC(=O)COc2ccc(Cl)cc2)ccc1OC(=O)c1ccc([N+](=O)[O-])cc1. The van der Waals surface area contributed by atoms with Crippen LogP contribution in [0.3, 0.4) is 0 Å². The highest BCUT2D eigenvalue weighted by Gasteiger charge is 2.14. The molecule has 0 heterocycles. The number of benzene rings is 3. The number of hydrazone groups is 1. The number of carbonyl (C=O) groups excluding carboxylic acids is 2. The molecule has 3 rings (SSSR count). The lowest BCUT2D eigenvalue weighted by Gasteiger charge is -2.10. The van der Waals surface area contributed by atoms with Crippen molar-refractivity contribution in [3.8, 4) is 17.2 Å². The molecule has 11 heteroatoms. The van der Waals surface area contributed by atoms with Crippen LogP contribution in [0, 0.1) is 10.1 Å². The fourth-order valence-electron chi connectivity index (χ4n) is 2.62. The molecule has 0 aromatic heterocycles. The number of halogens is 1. The summed E-state index contributed by atoms with van der Waals surface area (Å²) in [6.45, 7) is -0.236. The maximum Gasteiger partial charge on any atom is 0.343 e. The number of carbonyl (C=O) groups is 2. The molecule has 0 spiro atoms. The Kier molecular flexibility index (Phi) is 8.14. The number of nitrogens with zero attached hydrogens (tertiary/aromatic N) is 2. The molecule has 0 bridgehead atoms. The van der Waals surface area contributed by atoms with Crippen LogP contribution in [-0.2, 0) is 4.79 Å². The number of hydrogen-bond acceptors (Lipinski definition) is 8. The second-order valence-electron chi connectivity index (χ2n) is 6.64. The Morgan fingerprint density at radius 1 is 1.06 bits per heavy atom. The summed E-state index contributed by atoms with van der Waals surface area (Å²) in [5, 5.41) is 15.2. The number of hydrogen-bond donors (Lipinski definition) is 1. The number of ether oxygens (including phenoxy) is 3. The lowest BCUT2D eigenvalue weighted by molar-refractivity contribution is -0.384. The van der Waals surface area contributed by atoms with Gasteiger partial charge in [0.25, 0.3) is 11.6 Å². The summed E-state index contributed by atoms with van der Waals surface area (Å²) in [4.78, 5) is 34.4. The maximum absolute atomic E-state index is 12.3. The van der Waals surface area contributed by atoms with E-state index >= 15 is 0 Å². The minimum absolute atomic E-state index is 0.138. The molecule has 0 aliphatic carbocycles. The number of esters is 1. The third kappa shape index (κ3) is 6.78. The van der Waals surface area contributed by atoms with Crippen molar-refractivity contribution < 1.29 is 28.7 Å². The molecule has 0 aliphatic heterocycles. The van der Waals surface area contributed by atoms with Crippen LogP contribution >= 0.6 is 11.6 Å². The molecular formula is C23H18ClN3O7. The summed E-state index contributed by atoms with van der Waals surface area (Å²) in [5.41, 5.74) is 2.90. The van der Waals surface area contributed by atoms with Crippen LogP contribution in [0.25, 0.3) is 0 Å². The van der Waals surface area contributed by atoms with Crippen molar-refractivity contribution in [2.75, 3.05) is 13.7 Å². The van der Waals surface area contributed by atoms with Crippen molar-refractivity contribution in [3.63, 3.8) is 0 Å². The van der Waals surface area contributed by atoms with Gasteiger partial charge in [-0.2, -0.15) is 5.10 Å². The summed E-state index contributed by atoms with van der Waals surface area (Å²) in [5.74, 6) is -0.290. The minimum Gasteiger partial charge on any atom is -0.493 e. The average Bonchev–Trinajstić information content (AvgIpc) is 2.84. The lowest BCUT2D eigenvalue weighted by Crippen LogP contribution is -2.24. The van der Waals surface area contributed by atoms with E-state index in [0.29, 0.717) is 16.3 Å². The predicted molar refractivity (Wildman–Crippen MR) is 124 cm³/mol. The Bertz CT molecular complexity index is 1210. The summed E-state index contributed by atoms with van der Waals surface area (Å²) in [6, 6.07) is 16.2. The van der Waals surface area contributed by atoms with Crippen molar-refractivity contribution in [1.29, 1.82) is 0 Å². The van der Waals surface area contributed by atoms with Crippen LogP contribution in [0.2, 0.25) is 5.02 Å². The monoisotopic (exact) mass is 483 g/mol. The first-order chi connectivity index (χ1) is 16.4. The van der Waals surface area contributed by atoms with Crippen LogP contribution in [0.1, 0.15) is 15.9 Å². The van der Waals surface area contributed by atoms with Gasteiger partial charge in [0.05, 0.1) is 23.8 Å². The van der Waals surface area contributed by atoms with E-state index in [0.717, 1.165) is 0 Å². The number of amides is 1. The second-order valence-corrected chi connectivity index (χ2v) is 7.08. The Morgan fingerprint density at radius 2 is 1.76 bits per heavy atom. The first-order valence-corrected chi connectivity index (χ1v) is 10.1. The van der Waals surface area contributed by atoms with E-state index in [9.17, 15) is 19.7 Å². The normalized spacial score (nSPS) is 10.5. The largest absolute Gasteiger partial charge is 0.493 e. The molecule has 0 atom stereocenters. The third-order valence-corrected chi connectivity index (χ3v) is 4.54. The van der Waals surface area contributed by atoms with E-state index in [1.165, 1.54) is 43.7 Å². The molecule has 0 saturated heterocycles. The van der Waals surface area contributed by atoms with Gasteiger partial charge in [-0.05, 0) is 60.2 Å². The van der Waals surface area contributed by atoms with Crippen LogP contribution in [0.4, 0.5) is 5.69 Å². The van der Waals surface area contributed by atoms with Gasteiger partial charge in [0.1, 0.15) is 5.75 Å². The zero-order chi connectivity index (χ0) is 24.5. The fraction of sp³-hybridized carbons (Fsp3) is 0.0870. The van der Waals surface area contributed by atoms with Gasteiger partial charge in [0.15, 0.2) is 18.1 Å². The molecule has 0 saturated carbocycles. The van der Waals surface area contributed by atoms with Gasteiger partial charge < -0.3 is 14.2 Å². The number of nitrogens with one attached hydrogen (secondary N) is 1. The standard InChI is InChI=1S/C23H18ClN3O7/c1-32-21-12-15(13-25-26-22(28)14-33-19-9-5-17(24)6-10-19)2-11-20(21)34-23(29)16-3-7-18(8-4-16)27(30)31/h2-13H,14H2,1H3,(H,26,28). The highest BCUT2D eigenvalue weighted by molar-refractivity contribution is 6.30. The van der Waals surface area contributed by atoms with Crippen molar-refractivity contribution in [2.45, 2.75) is 0 Å². The van der Waals surface area contributed by atoms with Crippen molar-refractivity contribution in [3.05, 3.63) is 93.0 Å². The first kappa shape index (κ1) is 24.2. The molecule has 10 nitrogen and oxygen atoms in total. The summed E-state index contributed by atoms with van der Waals surface area (Å²) < 4.78 is 15.9. The van der Waals surface area contributed by atoms with Gasteiger partial charge in [-0.15, -0.1) is 0 Å². The zero-order valence-electron chi connectivity index (χ0n) is 17.8. The number of nitro groups is 1. The van der Waals surface area contributed by atoms with E-state index in [2.05, 4.69) is 10.5 Å². The van der Waals surface area contributed by atoms with Gasteiger partial charge in [0, 0.05) is 17.2 Å². The molecular weight excluding hydrogens is 466 g/mol. The zero-order valence-corrected chi connectivity index (χ0v) is 18.5. The average molecular weight is 484 g/mol. The van der Waals surface area contributed by atoms with Gasteiger partial charge in [-0.25, -0.2) is 10.2 Å². The third-order valence-electron chi connectivity index (χ3n) is 4.29. The van der Waals surface area contributed by atoms with Crippen LogP contribution in [0.5, 0.6) is 17.2 Å². The molecule has 0 unspecified atom stereocenters. The lowest BCUT2D eigenvalue weighted by atomic mass is 10.2. The molecule has 34 heavy (non-hydrogen) atoms. The quantitative estimate of drug-likeness (QED) is 0.160. The van der Waals surface area contributed by atoms with Crippen molar-refractivity contribution >= 4 is 35.4 Å². The minimum atomic E-state index is -0.706. The van der Waals surface area contributed by atoms with Gasteiger partial charge >= 0.3 is 5.97 Å². The summed E-state index contributed by atoms with van der Waals surface area (Å²) in [6.07, 6.45) is 1.38. The van der Waals surface area contributed by atoms with E-state index in [4.69, 9.17) is 25.8 Å². The van der Waals surface area contributed by atoms with Crippen LogP contribution in [0.15, 0.2) is 71.8 Å². The number of rotatable bonds is 9. The fourth-order valence-corrected chi connectivity index (χ4v) is 2.74. The molecule has 3 aromatic carbocycles. The van der Waals surface area contributed by atoms with E-state index in [1.807, 2.05) is 0 Å². The molecule has 174 valence electrons. The van der Waals surface area contributed by atoms with Crippen molar-refractivity contribution in [1.82, 2.24) is 5.43 Å². The van der Waals surface area contributed by atoms with Crippen LogP contribution in [-0.4, -0.2) is 36.7 Å². The van der Waals surface area contributed by atoms with Crippen molar-refractivity contribution in [2.24, 2.45) is 5.10 Å². The second kappa shape index (κ2) is 11.4. The molecule has 0 radical (unpaired) electrons. The molecule has 1 amide bonds. The smallest absolute Gasteiger partial charge is 0.343 e. The molecule has 3 aromatic rings.